The summed E-state index contributed by atoms with van der Waals surface area (Å²) in [6.07, 6.45) is 4.66. The third kappa shape index (κ3) is 3.81. The molecule has 1 unspecified atom stereocenters. The van der Waals surface area contributed by atoms with Crippen LogP contribution < -0.4 is 5.32 Å². The minimum Gasteiger partial charge on any atom is -0.481 e. The normalized spacial score (nSPS) is 26.6. The van der Waals surface area contributed by atoms with E-state index in [9.17, 15) is 14.7 Å². The van der Waals surface area contributed by atoms with Gasteiger partial charge >= 0.3 is 5.97 Å². The number of likely N-dealkylation sites (tertiary alicyclic amines) is 1. The maximum atomic E-state index is 12.6. The van der Waals surface area contributed by atoms with Crippen LogP contribution >= 0.6 is 24.2 Å². The standard InChI is InChI=1S/C18H24N2O3S.ClH/c1-12(16(21)19-14-6-3-7-15(9-14)24-2)20-10-13-5-4-8-18(13,11-20)17(22)23;/h3,6-7,9,12-13H,4-5,8,10-11H2,1-2H3,(H,19,21)(H,22,23);1H/t12?,13-,18+;/m0./s1. The molecule has 7 heteroatoms. The highest BCUT2D eigenvalue weighted by atomic mass is 35.5. The van der Waals surface area contributed by atoms with Crippen molar-refractivity contribution in [2.24, 2.45) is 11.3 Å². The Hall–Kier alpha value is -1.24. The first kappa shape index (κ1) is 20.1. The number of rotatable bonds is 5. The number of thioether (sulfide) groups is 1. The fraction of sp³-hybridized carbons (Fsp3) is 0.556. The Bertz CT molecular complexity index is 657. The monoisotopic (exact) mass is 384 g/mol. The van der Waals surface area contributed by atoms with E-state index < -0.39 is 11.4 Å². The van der Waals surface area contributed by atoms with E-state index in [1.165, 1.54) is 0 Å². The Morgan fingerprint density at radius 3 is 2.84 bits per heavy atom. The van der Waals surface area contributed by atoms with Gasteiger partial charge in [0.15, 0.2) is 0 Å². The van der Waals surface area contributed by atoms with E-state index in [4.69, 9.17) is 0 Å². The van der Waals surface area contributed by atoms with Gasteiger partial charge < -0.3 is 10.4 Å². The Morgan fingerprint density at radius 2 is 2.20 bits per heavy atom. The summed E-state index contributed by atoms with van der Waals surface area (Å²) in [5, 5.41) is 12.6. The van der Waals surface area contributed by atoms with Crippen molar-refractivity contribution >= 4 is 41.7 Å². The number of aliphatic carboxylic acids is 1. The largest absolute Gasteiger partial charge is 0.481 e. The second kappa shape index (κ2) is 7.98. The fourth-order valence-corrected chi connectivity index (χ4v) is 4.55. The van der Waals surface area contributed by atoms with Crippen molar-refractivity contribution < 1.29 is 14.7 Å². The predicted octanol–water partition coefficient (Wildman–Crippen LogP) is 3.34. The molecule has 0 aromatic heterocycles. The van der Waals surface area contributed by atoms with Gasteiger partial charge in [-0.15, -0.1) is 24.2 Å². The number of carboxylic acid groups (broad SMARTS) is 1. The van der Waals surface area contributed by atoms with Gasteiger partial charge in [0, 0.05) is 23.7 Å². The highest BCUT2D eigenvalue weighted by Crippen LogP contribution is 2.49. The highest BCUT2D eigenvalue weighted by Gasteiger charge is 2.55. The Labute approximate surface area is 159 Å². The van der Waals surface area contributed by atoms with Gasteiger partial charge in [-0.2, -0.15) is 0 Å². The third-order valence-electron chi connectivity index (χ3n) is 5.59. The van der Waals surface area contributed by atoms with Gasteiger partial charge in [0.05, 0.1) is 11.5 Å². The lowest BCUT2D eigenvalue weighted by Crippen LogP contribution is -2.43. The Kier molecular flexibility index (Phi) is 6.40. The van der Waals surface area contributed by atoms with Gasteiger partial charge in [0.25, 0.3) is 0 Å². The molecule has 3 atom stereocenters. The van der Waals surface area contributed by atoms with Crippen molar-refractivity contribution in [3.8, 4) is 0 Å². The van der Waals surface area contributed by atoms with E-state index in [0.29, 0.717) is 13.1 Å². The number of hydrogen-bond donors (Lipinski definition) is 2. The number of carboxylic acids is 1. The summed E-state index contributed by atoms with van der Waals surface area (Å²) in [4.78, 5) is 27.5. The van der Waals surface area contributed by atoms with Gasteiger partial charge in [0.2, 0.25) is 5.91 Å². The SMILES string of the molecule is CSc1cccc(NC(=O)C(C)N2C[C@@H]3CCC[C@@]3(C(=O)O)C2)c1.Cl. The molecule has 0 bridgehead atoms. The molecule has 1 aliphatic heterocycles. The molecule has 1 amide bonds. The van der Waals surface area contributed by atoms with Gasteiger partial charge in [-0.25, -0.2) is 0 Å². The zero-order valence-electron chi connectivity index (χ0n) is 14.5. The van der Waals surface area contributed by atoms with Gasteiger partial charge in [0.1, 0.15) is 0 Å². The summed E-state index contributed by atoms with van der Waals surface area (Å²) in [5.74, 6) is -0.605. The molecular formula is C18H25ClN2O3S. The van der Waals surface area contributed by atoms with E-state index in [1.54, 1.807) is 11.8 Å². The van der Waals surface area contributed by atoms with Crippen molar-refractivity contribution in [3.05, 3.63) is 24.3 Å². The zero-order chi connectivity index (χ0) is 17.3. The average molecular weight is 385 g/mol. The van der Waals surface area contributed by atoms with Crippen molar-refractivity contribution in [1.82, 2.24) is 4.90 Å². The average Bonchev–Trinajstić information content (AvgIpc) is 3.12. The maximum absolute atomic E-state index is 12.6. The van der Waals surface area contributed by atoms with E-state index in [2.05, 4.69) is 5.32 Å². The molecule has 1 aliphatic carbocycles. The molecule has 25 heavy (non-hydrogen) atoms. The lowest BCUT2D eigenvalue weighted by atomic mass is 9.81. The van der Waals surface area contributed by atoms with Gasteiger partial charge in [-0.1, -0.05) is 12.5 Å². The van der Waals surface area contributed by atoms with E-state index in [0.717, 1.165) is 29.8 Å². The number of nitrogens with zero attached hydrogens (tertiary/aromatic N) is 1. The van der Waals surface area contributed by atoms with Crippen LogP contribution in [-0.4, -0.2) is 47.3 Å². The molecule has 0 spiro atoms. The maximum Gasteiger partial charge on any atom is 0.311 e. The first-order valence-electron chi connectivity index (χ1n) is 8.38. The number of carbonyl (C=O) groups is 2. The molecular weight excluding hydrogens is 360 g/mol. The first-order valence-corrected chi connectivity index (χ1v) is 9.61. The molecule has 2 aliphatic rings. The molecule has 1 heterocycles. The number of anilines is 1. The summed E-state index contributed by atoms with van der Waals surface area (Å²) in [6.45, 7) is 3.04. The summed E-state index contributed by atoms with van der Waals surface area (Å²) in [5.41, 5.74) is 0.138. The van der Waals surface area contributed by atoms with Gasteiger partial charge in [-0.3, -0.25) is 14.5 Å². The van der Waals surface area contributed by atoms with Crippen LogP contribution in [0, 0.1) is 11.3 Å². The molecule has 1 aromatic carbocycles. The van der Waals surface area contributed by atoms with Crippen LogP contribution in [-0.2, 0) is 9.59 Å². The first-order chi connectivity index (χ1) is 11.5. The molecule has 5 nitrogen and oxygen atoms in total. The molecule has 2 N–H and O–H groups in total. The lowest BCUT2D eigenvalue weighted by Gasteiger charge is -2.26. The minimum absolute atomic E-state index is 0. The Morgan fingerprint density at radius 1 is 1.44 bits per heavy atom. The van der Waals surface area contributed by atoms with Crippen molar-refractivity contribution in [1.29, 1.82) is 0 Å². The Balaban J connectivity index is 0.00000225. The van der Waals surface area contributed by atoms with Crippen LogP contribution in [0.2, 0.25) is 0 Å². The molecule has 1 saturated carbocycles. The third-order valence-corrected chi connectivity index (χ3v) is 6.31. The number of fused-ring (bicyclic) bond motifs is 1. The summed E-state index contributed by atoms with van der Waals surface area (Å²) < 4.78 is 0. The smallest absolute Gasteiger partial charge is 0.311 e. The van der Waals surface area contributed by atoms with Crippen molar-refractivity contribution in [3.63, 3.8) is 0 Å². The number of hydrogen-bond acceptors (Lipinski definition) is 4. The second-order valence-electron chi connectivity index (χ2n) is 6.88. The van der Waals surface area contributed by atoms with Crippen LogP contribution in [0.4, 0.5) is 5.69 Å². The number of nitrogens with one attached hydrogen (secondary N) is 1. The molecule has 2 fully saturated rings. The lowest BCUT2D eigenvalue weighted by molar-refractivity contribution is -0.149. The molecule has 0 radical (unpaired) electrons. The van der Waals surface area contributed by atoms with Crippen molar-refractivity contribution in [2.75, 3.05) is 24.7 Å². The molecule has 138 valence electrons. The van der Waals surface area contributed by atoms with Gasteiger partial charge in [-0.05, 0) is 50.1 Å². The topological polar surface area (TPSA) is 69.6 Å². The zero-order valence-corrected chi connectivity index (χ0v) is 16.2. The van der Waals surface area contributed by atoms with Crippen molar-refractivity contribution in [2.45, 2.75) is 37.1 Å². The number of halogens is 1. The summed E-state index contributed by atoms with van der Waals surface area (Å²) in [7, 11) is 0. The van der Waals surface area contributed by atoms with E-state index >= 15 is 0 Å². The molecule has 1 aromatic rings. The summed E-state index contributed by atoms with van der Waals surface area (Å²) >= 11 is 1.63. The highest BCUT2D eigenvalue weighted by molar-refractivity contribution is 7.98. The number of carbonyl (C=O) groups excluding carboxylic acids is 1. The number of benzene rings is 1. The predicted molar refractivity (Wildman–Crippen MR) is 103 cm³/mol. The van der Waals surface area contributed by atoms with E-state index in [-0.39, 0.29) is 30.3 Å². The van der Waals surface area contributed by atoms with Crippen LogP contribution in [0.15, 0.2) is 29.2 Å². The quantitative estimate of drug-likeness (QED) is 0.762. The van der Waals surface area contributed by atoms with Crippen LogP contribution in [0.3, 0.4) is 0 Å². The second-order valence-corrected chi connectivity index (χ2v) is 7.76. The molecule has 1 saturated heterocycles. The van der Waals surface area contributed by atoms with E-state index in [1.807, 2.05) is 42.3 Å². The minimum atomic E-state index is -0.701. The molecule has 3 rings (SSSR count). The number of amides is 1. The fourth-order valence-electron chi connectivity index (χ4n) is 4.09. The van der Waals surface area contributed by atoms with Crippen LogP contribution in [0.1, 0.15) is 26.2 Å². The van der Waals surface area contributed by atoms with Crippen LogP contribution in [0.5, 0.6) is 0 Å². The van der Waals surface area contributed by atoms with Crippen LogP contribution in [0.25, 0.3) is 0 Å². The summed E-state index contributed by atoms with van der Waals surface area (Å²) in [6, 6.07) is 7.42.